The van der Waals surface area contributed by atoms with Crippen LogP contribution in [0.3, 0.4) is 0 Å². The first-order chi connectivity index (χ1) is 6.08. The second-order valence-corrected chi connectivity index (χ2v) is 4.15. The Kier molecular flexibility index (Phi) is 8.54. The number of hydrogen-bond acceptors (Lipinski definition) is 0. The molecule has 1 rings (SSSR count). The van der Waals surface area contributed by atoms with Gasteiger partial charge in [0, 0.05) is 0 Å². The van der Waals surface area contributed by atoms with E-state index >= 15 is 0 Å². The van der Waals surface area contributed by atoms with Crippen molar-refractivity contribution in [3.8, 4) is 0 Å². The van der Waals surface area contributed by atoms with Crippen LogP contribution in [0.25, 0.3) is 0 Å². The molecule has 0 heterocycles. The van der Waals surface area contributed by atoms with Crippen molar-refractivity contribution in [2.45, 2.75) is 51.3 Å². The molecule has 0 radical (unpaired) electrons. The summed E-state index contributed by atoms with van der Waals surface area (Å²) in [5, 5.41) is 0. The molecule has 0 bridgehead atoms. The standard InChI is InChI=1S/C9H17BF3.K/c11-10(12,13)8-4-7-9-5-2-1-3-6-9;/h9H,1-8H2;/q-1;+1. The van der Waals surface area contributed by atoms with Crippen molar-refractivity contribution < 1.29 is 64.3 Å². The van der Waals surface area contributed by atoms with Crippen molar-refractivity contribution in [2.75, 3.05) is 0 Å². The summed E-state index contributed by atoms with van der Waals surface area (Å²) < 4.78 is 35.6. The molecular formula is C9H17BF3K. The summed E-state index contributed by atoms with van der Waals surface area (Å²) in [7, 11) is 0. The molecule has 0 spiro atoms. The maximum Gasteiger partial charge on any atom is 1.00 e. The Morgan fingerprint density at radius 3 is 2.07 bits per heavy atom. The van der Waals surface area contributed by atoms with E-state index in [-0.39, 0.29) is 51.4 Å². The number of halogens is 3. The maximum absolute atomic E-state index is 11.9. The Bertz CT molecular complexity index is 143. The van der Waals surface area contributed by atoms with Crippen LogP contribution in [-0.2, 0) is 0 Å². The molecule has 0 amide bonds. The normalized spacial score (nSPS) is 19.1. The molecule has 0 nitrogen and oxygen atoms in total. The van der Waals surface area contributed by atoms with Crippen LogP contribution in [0.15, 0.2) is 0 Å². The van der Waals surface area contributed by atoms with Gasteiger partial charge in [0.25, 0.3) is 0 Å². The molecule has 14 heavy (non-hydrogen) atoms. The molecule has 5 heteroatoms. The van der Waals surface area contributed by atoms with Gasteiger partial charge in [-0.05, 0) is 5.92 Å². The second-order valence-electron chi connectivity index (χ2n) is 4.15. The van der Waals surface area contributed by atoms with Crippen LogP contribution in [0.5, 0.6) is 0 Å². The van der Waals surface area contributed by atoms with Gasteiger partial charge in [0.2, 0.25) is 0 Å². The molecule has 0 aromatic rings. The molecule has 78 valence electrons. The predicted octanol–water partition coefficient (Wildman–Crippen LogP) is 1.20. The zero-order chi connectivity index (χ0) is 9.73. The molecule has 0 aromatic carbocycles. The molecule has 1 saturated carbocycles. The Morgan fingerprint density at radius 2 is 1.57 bits per heavy atom. The fourth-order valence-electron chi connectivity index (χ4n) is 2.11. The third kappa shape index (κ3) is 7.74. The Labute approximate surface area is 127 Å². The van der Waals surface area contributed by atoms with Gasteiger partial charge in [-0.2, -0.15) is 0 Å². The summed E-state index contributed by atoms with van der Waals surface area (Å²) in [6.45, 7) is -4.53. The zero-order valence-corrected chi connectivity index (χ0v) is 12.1. The average molecular weight is 232 g/mol. The van der Waals surface area contributed by atoms with Gasteiger partial charge in [-0.25, -0.2) is 0 Å². The minimum absolute atomic E-state index is 0. The van der Waals surface area contributed by atoms with Crippen molar-refractivity contribution in [3.63, 3.8) is 0 Å². The summed E-state index contributed by atoms with van der Waals surface area (Å²) in [5.41, 5.74) is 0. The number of rotatable bonds is 4. The van der Waals surface area contributed by atoms with Crippen molar-refractivity contribution in [2.24, 2.45) is 5.92 Å². The summed E-state index contributed by atoms with van der Waals surface area (Å²) in [4.78, 5) is 0. The summed E-state index contributed by atoms with van der Waals surface area (Å²) in [6, 6.07) is 0. The largest absolute Gasteiger partial charge is 1.00 e. The van der Waals surface area contributed by atoms with E-state index in [9.17, 15) is 12.9 Å². The Morgan fingerprint density at radius 1 is 1.00 bits per heavy atom. The summed E-state index contributed by atoms with van der Waals surface area (Å²) in [6.07, 6.45) is 6.66. The maximum atomic E-state index is 11.9. The van der Waals surface area contributed by atoms with Crippen molar-refractivity contribution >= 4 is 6.98 Å². The van der Waals surface area contributed by atoms with Gasteiger partial charge in [0.15, 0.2) is 0 Å². The van der Waals surface area contributed by atoms with E-state index in [0.29, 0.717) is 12.3 Å². The van der Waals surface area contributed by atoms with E-state index in [1.165, 1.54) is 19.3 Å². The first-order valence-corrected chi connectivity index (χ1v) is 5.29. The van der Waals surface area contributed by atoms with Crippen molar-refractivity contribution in [3.05, 3.63) is 0 Å². The van der Waals surface area contributed by atoms with E-state index < -0.39 is 13.3 Å². The van der Waals surface area contributed by atoms with Crippen LogP contribution >= 0.6 is 0 Å². The molecule has 0 saturated heterocycles. The quantitative estimate of drug-likeness (QED) is 0.639. The van der Waals surface area contributed by atoms with Crippen LogP contribution in [0, 0.1) is 5.92 Å². The van der Waals surface area contributed by atoms with Gasteiger partial charge in [-0.1, -0.05) is 51.3 Å². The SMILES string of the molecule is F[B-](F)(F)CCCC1CCCCC1.[K+]. The zero-order valence-electron chi connectivity index (χ0n) is 8.95. The van der Waals surface area contributed by atoms with Gasteiger partial charge in [-0.3, -0.25) is 0 Å². The Balaban J connectivity index is 0.00000169. The molecule has 0 aromatic heterocycles. The molecule has 0 atom stereocenters. The van der Waals surface area contributed by atoms with E-state index in [0.717, 1.165) is 19.3 Å². The predicted molar refractivity (Wildman–Crippen MR) is 49.7 cm³/mol. The first kappa shape index (κ1) is 15.5. The van der Waals surface area contributed by atoms with Crippen LogP contribution in [0.1, 0.15) is 44.9 Å². The molecule has 0 aliphatic heterocycles. The third-order valence-electron chi connectivity index (χ3n) is 2.87. The van der Waals surface area contributed by atoms with E-state index in [4.69, 9.17) is 0 Å². The van der Waals surface area contributed by atoms with Crippen LogP contribution in [-0.4, -0.2) is 6.98 Å². The van der Waals surface area contributed by atoms with Crippen LogP contribution in [0.2, 0.25) is 6.32 Å². The van der Waals surface area contributed by atoms with Gasteiger partial charge in [0.05, 0.1) is 0 Å². The van der Waals surface area contributed by atoms with Crippen LogP contribution < -0.4 is 51.4 Å². The second kappa shape index (κ2) is 7.71. The van der Waals surface area contributed by atoms with E-state index in [1.807, 2.05) is 0 Å². The van der Waals surface area contributed by atoms with Crippen molar-refractivity contribution in [1.82, 2.24) is 0 Å². The van der Waals surface area contributed by atoms with E-state index in [2.05, 4.69) is 0 Å². The molecular weight excluding hydrogens is 215 g/mol. The van der Waals surface area contributed by atoms with Gasteiger partial charge in [-0.15, -0.1) is 0 Å². The topological polar surface area (TPSA) is 0 Å². The first-order valence-electron chi connectivity index (χ1n) is 5.29. The van der Waals surface area contributed by atoms with Gasteiger partial charge < -0.3 is 12.9 Å². The van der Waals surface area contributed by atoms with Crippen molar-refractivity contribution in [1.29, 1.82) is 0 Å². The average Bonchev–Trinajstić information content (AvgIpc) is 2.04. The smallest absolute Gasteiger partial charge is 0.449 e. The Hall–Kier alpha value is 1.49. The fourth-order valence-corrected chi connectivity index (χ4v) is 2.11. The molecule has 0 N–H and O–H groups in total. The molecule has 1 aliphatic rings. The summed E-state index contributed by atoms with van der Waals surface area (Å²) in [5.74, 6) is 0.590. The summed E-state index contributed by atoms with van der Waals surface area (Å²) >= 11 is 0. The molecule has 1 fully saturated rings. The molecule has 0 unspecified atom stereocenters. The van der Waals surface area contributed by atoms with Gasteiger partial charge in [0.1, 0.15) is 0 Å². The number of hydrogen-bond donors (Lipinski definition) is 0. The minimum atomic E-state index is -4.53. The fraction of sp³-hybridized carbons (Fsp3) is 1.00. The van der Waals surface area contributed by atoms with E-state index in [1.54, 1.807) is 0 Å². The minimum Gasteiger partial charge on any atom is -0.449 e. The van der Waals surface area contributed by atoms with Crippen LogP contribution in [0.4, 0.5) is 12.9 Å². The van der Waals surface area contributed by atoms with Gasteiger partial charge >= 0.3 is 58.4 Å². The molecule has 1 aliphatic carbocycles. The monoisotopic (exact) mass is 232 g/mol. The third-order valence-corrected chi connectivity index (χ3v) is 2.87.